The number of hydrogen-bond donors (Lipinski definition) is 1. The highest BCUT2D eigenvalue weighted by molar-refractivity contribution is 7.99. The fraction of sp³-hybridized carbons (Fsp3) is 0.500. The highest BCUT2D eigenvalue weighted by Crippen LogP contribution is 2.32. The van der Waals surface area contributed by atoms with Crippen molar-refractivity contribution in [3.05, 3.63) is 18.2 Å². The number of morpholine rings is 1. The van der Waals surface area contributed by atoms with E-state index in [1.807, 2.05) is 6.07 Å². The van der Waals surface area contributed by atoms with Crippen molar-refractivity contribution in [1.29, 1.82) is 0 Å². The Labute approximate surface area is 106 Å². The second-order valence-corrected chi connectivity index (χ2v) is 4.82. The maximum atomic E-state index is 9.74. The monoisotopic (exact) mass is 255 g/mol. The van der Waals surface area contributed by atoms with E-state index in [-0.39, 0.29) is 0 Å². The smallest absolute Gasteiger partial charge is 0.129 e. The van der Waals surface area contributed by atoms with Gasteiger partial charge in [-0.2, -0.15) is 0 Å². The molecule has 0 aliphatic carbocycles. The third-order valence-corrected chi connectivity index (χ3v) is 3.81. The summed E-state index contributed by atoms with van der Waals surface area (Å²) in [6.45, 7) is 3.50. The normalized spacial score (nSPS) is 17.0. The van der Waals surface area contributed by atoms with Crippen molar-refractivity contribution in [2.75, 3.05) is 39.3 Å². The third kappa shape index (κ3) is 3.52. The summed E-state index contributed by atoms with van der Waals surface area (Å²) in [4.78, 5) is 3.17. The first kappa shape index (κ1) is 12.5. The lowest BCUT2D eigenvalue weighted by atomic mass is 10.3. The second-order valence-electron chi connectivity index (χ2n) is 3.84. The van der Waals surface area contributed by atoms with Crippen molar-refractivity contribution in [2.45, 2.75) is 4.90 Å². The van der Waals surface area contributed by atoms with E-state index >= 15 is 0 Å². The second kappa shape index (κ2) is 6.14. The van der Waals surface area contributed by atoms with Crippen LogP contribution in [-0.4, -0.2) is 49.3 Å². The molecule has 0 atom stereocenters. The summed E-state index contributed by atoms with van der Waals surface area (Å²) in [5.74, 6) is 1.95. The Bertz CT molecular complexity index is 367. The van der Waals surface area contributed by atoms with Crippen LogP contribution in [0.1, 0.15) is 0 Å². The fourth-order valence-corrected chi connectivity index (χ4v) is 2.62. The van der Waals surface area contributed by atoms with Crippen molar-refractivity contribution < 1.29 is 14.6 Å². The Morgan fingerprint density at radius 2 is 2.18 bits per heavy atom. The van der Waals surface area contributed by atoms with Crippen LogP contribution in [0.15, 0.2) is 23.1 Å². The number of methoxy groups -OCH3 is 1. The molecular weight excluding hydrogens is 238 g/mol. The predicted molar refractivity (Wildman–Crippen MR) is 67.8 cm³/mol. The van der Waals surface area contributed by atoms with Gasteiger partial charge in [0.15, 0.2) is 0 Å². The molecule has 0 unspecified atom stereocenters. The van der Waals surface area contributed by atoms with E-state index in [4.69, 9.17) is 9.47 Å². The molecule has 1 aliphatic rings. The average molecular weight is 255 g/mol. The molecule has 1 heterocycles. The third-order valence-electron chi connectivity index (χ3n) is 2.67. The standard InChI is InChI=1S/C12H17NO3S/c1-15-10-2-3-11(14)12(8-10)17-9-13-4-6-16-7-5-13/h2-3,8,14H,4-7,9H2,1H3. The van der Waals surface area contributed by atoms with Crippen LogP contribution in [0, 0.1) is 0 Å². The topological polar surface area (TPSA) is 41.9 Å². The highest BCUT2D eigenvalue weighted by Gasteiger charge is 2.11. The first-order chi connectivity index (χ1) is 8.29. The zero-order valence-electron chi connectivity index (χ0n) is 9.89. The van der Waals surface area contributed by atoms with Crippen molar-refractivity contribution in [3.63, 3.8) is 0 Å². The van der Waals surface area contributed by atoms with E-state index in [0.717, 1.165) is 42.8 Å². The Hall–Kier alpha value is -0.910. The number of thioether (sulfide) groups is 1. The molecule has 1 saturated heterocycles. The Morgan fingerprint density at radius 3 is 2.88 bits per heavy atom. The fourth-order valence-electron chi connectivity index (χ4n) is 1.63. The zero-order valence-corrected chi connectivity index (χ0v) is 10.7. The minimum atomic E-state index is 0.309. The van der Waals surface area contributed by atoms with Gasteiger partial charge in [-0.05, 0) is 18.2 Å². The molecule has 1 aromatic rings. The minimum Gasteiger partial charge on any atom is -0.507 e. The number of ether oxygens (including phenoxy) is 2. The molecule has 0 spiro atoms. The zero-order chi connectivity index (χ0) is 12.1. The van der Waals surface area contributed by atoms with Gasteiger partial charge in [-0.1, -0.05) is 0 Å². The van der Waals surface area contributed by atoms with E-state index in [1.165, 1.54) is 0 Å². The van der Waals surface area contributed by atoms with Gasteiger partial charge in [-0.3, -0.25) is 4.90 Å². The van der Waals surface area contributed by atoms with Gasteiger partial charge in [0, 0.05) is 19.0 Å². The van der Waals surface area contributed by atoms with Gasteiger partial charge in [0.25, 0.3) is 0 Å². The van der Waals surface area contributed by atoms with Gasteiger partial charge in [0.05, 0.1) is 25.2 Å². The number of benzene rings is 1. The van der Waals surface area contributed by atoms with Crippen LogP contribution in [0.25, 0.3) is 0 Å². The van der Waals surface area contributed by atoms with Crippen LogP contribution < -0.4 is 4.74 Å². The van der Waals surface area contributed by atoms with Crippen LogP contribution in [0.3, 0.4) is 0 Å². The number of aromatic hydroxyl groups is 1. The Morgan fingerprint density at radius 1 is 1.41 bits per heavy atom. The summed E-state index contributed by atoms with van der Waals surface area (Å²) in [5.41, 5.74) is 0. The van der Waals surface area contributed by atoms with Crippen molar-refractivity contribution in [1.82, 2.24) is 4.90 Å². The molecule has 5 heteroatoms. The molecule has 4 nitrogen and oxygen atoms in total. The molecule has 1 aliphatic heterocycles. The van der Waals surface area contributed by atoms with Crippen LogP contribution >= 0.6 is 11.8 Å². The van der Waals surface area contributed by atoms with Gasteiger partial charge in [-0.15, -0.1) is 11.8 Å². The molecule has 17 heavy (non-hydrogen) atoms. The molecule has 94 valence electrons. The van der Waals surface area contributed by atoms with E-state index < -0.39 is 0 Å². The Kier molecular flexibility index (Phi) is 4.53. The SMILES string of the molecule is COc1ccc(O)c(SCN2CCOCC2)c1. The maximum Gasteiger partial charge on any atom is 0.129 e. The molecular formula is C12H17NO3S. The number of phenols is 1. The summed E-state index contributed by atoms with van der Waals surface area (Å²) in [5, 5.41) is 9.74. The molecule has 2 rings (SSSR count). The summed E-state index contributed by atoms with van der Waals surface area (Å²) < 4.78 is 10.4. The molecule has 0 radical (unpaired) electrons. The van der Waals surface area contributed by atoms with E-state index in [2.05, 4.69) is 4.90 Å². The maximum absolute atomic E-state index is 9.74. The largest absolute Gasteiger partial charge is 0.507 e. The van der Waals surface area contributed by atoms with Crippen molar-refractivity contribution in [3.8, 4) is 11.5 Å². The Balaban J connectivity index is 1.92. The molecule has 0 aromatic heterocycles. The van der Waals surface area contributed by atoms with Gasteiger partial charge in [-0.25, -0.2) is 0 Å². The number of nitrogens with zero attached hydrogens (tertiary/aromatic N) is 1. The van der Waals surface area contributed by atoms with Crippen LogP contribution in [0.4, 0.5) is 0 Å². The van der Waals surface area contributed by atoms with Gasteiger partial charge < -0.3 is 14.6 Å². The summed E-state index contributed by atoms with van der Waals surface area (Å²) in [6, 6.07) is 5.29. The molecule has 0 bridgehead atoms. The first-order valence-electron chi connectivity index (χ1n) is 5.59. The van der Waals surface area contributed by atoms with E-state index in [0.29, 0.717) is 5.75 Å². The average Bonchev–Trinajstić information content (AvgIpc) is 2.39. The quantitative estimate of drug-likeness (QED) is 0.831. The number of phenolic OH excluding ortho intramolecular Hbond substituents is 1. The lowest BCUT2D eigenvalue weighted by Gasteiger charge is -2.26. The molecule has 1 N–H and O–H groups in total. The molecule has 0 amide bonds. The molecule has 1 aromatic carbocycles. The highest BCUT2D eigenvalue weighted by atomic mass is 32.2. The summed E-state index contributed by atoms with van der Waals surface area (Å²) in [7, 11) is 1.63. The van der Waals surface area contributed by atoms with Crippen molar-refractivity contribution >= 4 is 11.8 Å². The van der Waals surface area contributed by atoms with E-state index in [1.54, 1.807) is 31.0 Å². The van der Waals surface area contributed by atoms with Gasteiger partial charge >= 0.3 is 0 Å². The minimum absolute atomic E-state index is 0.309. The van der Waals surface area contributed by atoms with Crippen LogP contribution in [-0.2, 0) is 4.74 Å². The van der Waals surface area contributed by atoms with E-state index in [9.17, 15) is 5.11 Å². The number of hydrogen-bond acceptors (Lipinski definition) is 5. The lowest BCUT2D eigenvalue weighted by molar-refractivity contribution is 0.0474. The molecule has 0 saturated carbocycles. The van der Waals surface area contributed by atoms with Gasteiger partial charge in [0.1, 0.15) is 11.5 Å². The van der Waals surface area contributed by atoms with Crippen molar-refractivity contribution in [2.24, 2.45) is 0 Å². The van der Waals surface area contributed by atoms with Crippen LogP contribution in [0.5, 0.6) is 11.5 Å². The first-order valence-corrected chi connectivity index (χ1v) is 6.58. The summed E-state index contributed by atoms with van der Waals surface area (Å²) >= 11 is 1.62. The number of rotatable bonds is 4. The predicted octanol–water partition coefficient (Wildman–Crippen LogP) is 1.78. The van der Waals surface area contributed by atoms with Gasteiger partial charge in [0.2, 0.25) is 0 Å². The summed E-state index contributed by atoms with van der Waals surface area (Å²) in [6.07, 6.45) is 0. The van der Waals surface area contributed by atoms with Crippen LogP contribution in [0.2, 0.25) is 0 Å². The molecule has 1 fully saturated rings. The lowest BCUT2D eigenvalue weighted by Crippen LogP contribution is -2.35.